The Morgan fingerprint density at radius 3 is 2.24 bits per heavy atom. The van der Waals surface area contributed by atoms with Gasteiger partial charge >= 0.3 is 10.9 Å². The molecule has 0 aliphatic carbocycles. The van der Waals surface area contributed by atoms with Crippen LogP contribution in [0.5, 0.6) is 5.75 Å². The molecule has 5 rings (SSSR count). The molecule has 3 aromatic carbocycles. The van der Waals surface area contributed by atoms with Crippen molar-refractivity contribution in [1.82, 2.24) is 9.55 Å². The van der Waals surface area contributed by atoms with Crippen LogP contribution in [0.2, 0.25) is 0 Å². The Labute approximate surface area is 273 Å². The number of nitrogens with zero attached hydrogens (tertiary/aromatic N) is 1. The number of H-pyrrole nitrogens is 1. The molecule has 1 N–H and O–H groups in total. The quantitative estimate of drug-likeness (QED) is 0.140. The summed E-state index contributed by atoms with van der Waals surface area (Å²) in [5.74, 6) is 0.488. The molecule has 4 atom stereocenters. The minimum Gasteiger partial charge on any atom is -0.445 e. The van der Waals surface area contributed by atoms with E-state index in [0.717, 1.165) is 24.0 Å². The van der Waals surface area contributed by atoms with Gasteiger partial charge in [-0.1, -0.05) is 104 Å². The second-order valence-corrected chi connectivity index (χ2v) is 11.4. The zero-order chi connectivity index (χ0) is 32.4. The summed E-state index contributed by atoms with van der Waals surface area (Å²) >= 11 is 5.57. The van der Waals surface area contributed by atoms with Gasteiger partial charge in [-0.15, -0.1) is 0 Å². The lowest BCUT2D eigenvalue weighted by atomic mass is 9.94. The van der Waals surface area contributed by atoms with Gasteiger partial charge in [-0.05, 0) is 36.6 Å². The smallest absolute Gasteiger partial charge is 0.358 e. The molecular formula is C36H38N2O7S. The van der Waals surface area contributed by atoms with Crippen molar-refractivity contribution < 1.29 is 23.7 Å². The van der Waals surface area contributed by atoms with E-state index < -0.39 is 35.3 Å². The topological polar surface area (TPSA) is 101 Å². The molecule has 0 amide bonds. The van der Waals surface area contributed by atoms with Gasteiger partial charge in [0.05, 0.1) is 19.8 Å². The zero-order valence-electron chi connectivity index (χ0n) is 25.9. The van der Waals surface area contributed by atoms with Crippen LogP contribution in [0.25, 0.3) is 0 Å². The van der Waals surface area contributed by atoms with E-state index in [2.05, 4.69) is 11.9 Å². The number of thiocarbonyl (C=S) groups is 1. The number of para-hydroxylation sites is 1. The van der Waals surface area contributed by atoms with E-state index in [-0.39, 0.29) is 18.5 Å². The van der Waals surface area contributed by atoms with E-state index in [9.17, 15) is 9.59 Å². The van der Waals surface area contributed by atoms with Crippen LogP contribution < -0.4 is 16.0 Å². The number of allylic oxidation sites excluding steroid dienone is 1. The summed E-state index contributed by atoms with van der Waals surface area (Å²) in [5, 5.41) is -0.175. The molecule has 9 nitrogen and oxygen atoms in total. The van der Waals surface area contributed by atoms with E-state index in [4.69, 9.17) is 35.9 Å². The number of rotatable bonds is 13. The Hall–Kier alpha value is -4.35. The first-order valence-corrected chi connectivity index (χ1v) is 15.7. The number of aromatic amines is 1. The fourth-order valence-electron chi connectivity index (χ4n) is 5.26. The Morgan fingerprint density at radius 2 is 1.59 bits per heavy atom. The van der Waals surface area contributed by atoms with Crippen LogP contribution in [-0.2, 0) is 32.2 Å². The van der Waals surface area contributed by atoms with E-state index >= 15 is 0 Å². The second kappa shape index (κ2) is 15.8. The van der Waals surface area contributed by atoms with Gasteiger partial charge in [0, 0.05) is 24.0 Å². The van der Waals surface area contributed by atoms with Gasteiger partial charge in [-0.2, -0.15) is 0 Å². The van der Waals surface area contributed by atoms with Crippen LogP contribution in [0.3, 0.4) is 0 Å². The molecule has 1 saturated heterocycles. The number of nitrogens with one attached hydrogen (secondary N) is 1. The van der Waals surface area contributed by atoms with Gasteiger partial charge < -0.3 is 23.7 Å². The Balaban J connectivity index is 1.57. The van der Waals surface area contributed by atoms with Gasteiger partial charge in [0.1, 0.15) is 17.5 Å². The standard InChI is InChI=1S/C36H38N2O7S/c1-3-4-14-21-36(25-41-23-27-15-8-5-9-16-27)31(42-24-28-17-10-6-11-18-28)30(44-35(46)43-29-19-12-7-13-20-29)33(45-36)38-22-26(2)32(39)37-34(38)40/h5-22,30-31,33H,3-4,23-25H2,1-2H3,(H,37,39,40)/t30-,31+,33-,36-/m1/s1. The van der Waals surface area contributed by atoms with E-state index in [1.807, 2.05) is 91.0 Å². The van der Waals surface area contributed by atoms with Crippen molar-refractivity contribution in [3.05, 3.63) is 147 Å². The number of hydrogen-bond acceptors (Lipinski definition) is 8. The normalized spacial score (nSPS) is 21.0. The summed E-state index contributed by atoms with van der Waals surface area (Å²) in [6, 6.07) is 28.6. The third-order valence-corrected chi connectivity index (χ3v) is 7.74. The first-order chi connectivity index (χ1) is 22.4. The molecule has 46 heavy (non-hydrogen) atoms. The van der Waals surface area contributed by atoms with Crippen molar-refractivity contribution in [2.75, 3.05) is 6.61 Å². The van der Waals surface area contributed by atoms with Crippen molar-refractivity contribution in [1.29, 1.82) is 0 Å². The molecule has 4 aromatic rings. The van der Waals surface area contributed by atoms with Crippen molar-refractivity contribution in [2.24, 2.45) is 0 Å². The van der Waals surface area contributed by atoms with Crippen LogP contribution in [0.1, 0.15) is 42.7 Å². The van der Waals surface area contributed by atoms with Gasteiger partial charge in [0.2, 0.25) is 0 Å². The lowest BCUT2D eigenvalue weighted by molar-refractivity contribution is -0.130. The van der Waals surface area contributed by atoms with Crippen molar-refractivity contribution in [3.8, 4) is 5.75 Å². The van der Waals surface area contributed by atoms with Gasteiger partial charge in [0.15, 0.2) is 12.3 Å². The monoisotopic (exact) mass is 642 g/mol. The first kappa shape index (κ1) is 33.0. The molecule has 10 heteroatoms. The molecule has 1 aromatic heterocycles. The minimum atomic E-state index is -1.22. The lowest BCUT2D eigenvalue weighted by Gasteiger charge is -2.32. The summed E-state index contributed by atoms with van der Waals surface area (Å²) in [7, 11) is 0. The molecule has 1 aliphatic rings. The zero-order valence-corrected chi connectivity index (χ0v) is 26.7. The summed E-state index contributed by atoms with van der Waals surface area (Å²) in [5.41, 5.74) is -0.127. The molecule has 240 valence electrons. The largest absolute Gasteiger partial charge is 0.445 e. The van der Waals surface area contributed by atoms with Gasteiger partial charge in [-0.25, -0.2) is 4.79 Å². The maximum absolute atomic E-state index is 13.3. The summed E-state index contributed by atoms with van der Waals surface area (Å²) in [6.45, 7) is 4.31. The van der Waals surface area contributed by atoms with Gasteiger partial charge in [-0.3, -0.25) is 14.3 Å². The van der Waals surface area contributed by atoms with Crippen molar-refractivity contribution in [3.63, 3.8) is 0 Å². The number of aryl methyl sites for hydroxylation is 1. The Bertz CT molecular complexity index is 1710. The number of hydrogen-bond donors (Lipinski definition) is 1. The Kier molecular flexibility index (Phi) is 11.3. The second-order valence-electron chi connectivity index (χ2n) is 11.1. The minimum absolute atomic E-state index is 0.0707. The molecule has 0 radical (unpaired) electrons. The summed E-state index contributed by atoms with van der Waals surface area (Å²) in [4.78, 5) is 28.0. The molecule has 0 saturated carbocycles. The number of benzene rings is 3. The van der Waals surface area contributed by atoms with Gasteiger partial charge in [0.25, 0.3) is 5.56 Å². The molecule has 0 spiro atoms. The molecule has 2 heterocycles. The summed E-state index contributed by atoms with van der Waals surface area (Å²) in [6.07, 6.45) is 4.18. The van der Waals surface area contributed by atoms with E-state index in [1.165, 1.54) is 10.8 Å². The van der Waals surface area contributed by atoms with Crippen LogP contribution in [0, 0.1) is 6.92 Å². The Morgan fingerprint density at radius 1 is 0.957 bits per heavy atom. The molecular weight excluding hydrogens is 604 g/mol. The third kappa shape index (κ3) is 8.27. The fraction of sp³-hybridized carbons (Fsp3) is 0.306. The number of unbranched alkanes of at least 4 members (excludes halogenated alkanes) is 1. The SMILES string of the molecule is CCCC=C[C@]1(COCc2ccccc2)O[C@@H](n2cc(C)c(=O)[nH]c2=O)[C@H](OC(=S)Oc2ccccc2)[C@@H]1OCc1ccccc1. The summed E-state index contributed by atoms with van der Waals surface area (Å²) < 4.78 is 33.3. The van der Waals surface area contributed by atoms with Crippen molar-refractivity contribution >= 4 is 17.5 Å². The highest BCUT2D eigenvalue weighted by molar-refractivity contribution is 7.79. The number of ether oxygens (including phenoxy) is 5. The van der Waals surface area contributed by atoms with Crippen LogP contribution in [0.4, 0.5) is 0 Å². The molecule has 1 fully saturated rings. The maximum atomic E-state index is 13.3. The maximum Gasteiger partial charge on any atom is 0.358 e. The third-order valence-electron chi connectivity index (χ3n) is 7.56. The van der Waals surface area contributed by atoms with Crippen LogP contribution in [0.15, 0.2) is 119 Å². The lowest BCUT2D eigenvalue weighted by Crippen LogP contribution is -2.48. The highest BCUT2D eigenvalue weighted by Gasteiger charge is 2.58. The highest BCUT2D eigenvalue weighted by Crippen LogP contribution is 2.43. The molecule has 1 aliphatic heterocycles. The first-order valence-electron chi connectivity index (χ1n) is 15.3. The predicted molar refractivity (Wildman–Crippen MR) is 179 cm³/mol. The van der Waals surface area contributed by atoms with Crippen molar-refractivity contribution in [2.45, 2.75) is 63.9 Å². The number of aromatic nitrogens is 2. The van der Waals surface area contributed by atoms with Crippen LogP contribution >= 0.6 is 12.2 Å². The van der Waals surface area contributed by atoms with Crippen LogP contribution in [-0.4, -0.2) is 39.2 Å². The van der Waals surface area contributed by atoms with E-state index in [0.29, 0.717) is 17.9 Å². The molecule has 0 bridgehead atoms. The van der Waals surface area contributed by atoms with E-state index in [1.54, 1.807) is 19.1 Å². The highest BCUT2D eigenvalue weighted by atomic mass is 32.1. The average Bonchev–Trinajstić information content (AvgIpc) is 3.35. The average molecular weight is 643 g/mol. The predicted octanol–water partition coefficient (Wildman–Crippen LogP) is 6.02. The molecule has 0 unspecified atom stereocenters. The fourth-order valence-corrected chi connectivity index (χ4v) is 5.47.